The van der Waals surface area contributed by atoms with Crippen LogP contribution in [0.3, 0.4) is 0 Å². The number of aromatic carboxylic acids is 14. The van der Waals surface area contributed by atoms with Gasteiger partial charge in [-0.15, -0.1) is 0 Å². The highest BCUT2D eigenvalue weighted by molar-refractivity contribution is 6.05. The third-order valence-electron chi connectivity index (χ3n) is 9.72. The fourth-order valence-electron chi connectivity index (χ4n) is 5.99. The predicted octanol–water partition coefficient (Wildman–Crippen LogP) is 7.58. The zero-order chi connectivity index (χ0) is 64.0. The molecule has 0 unspecified atom stereocenters. The van der Waals surface area contributed by atoms with E-state index < -0.39 is 83.6 Å². The molecule has 0 amide bonds. The van der Waals surface area contributed by atoms with Crippen LogP contribution in [0.15, 0.2) is 170 Å². The largest absolute Gasteiger partial charge is 0.478 e. The Hall–Kier alpha value is -12.9. The van der Waals surface area contributed by atoms with Crippen LogP contribution in [0.5, 0.6) is 0 Å². The second-order valence-corrected chi connectivity index (χ2v) is 15.1. The summed E-state index contributed by atoms with van der Waals surface area (Å²) in [6, 6.07) is 38.3. The average Bonchev–Trinajstić information content (AvgIpc) is 3.62. The Morgan fingerprint density at radius 2 is 0.179 bits per heavy atom. The molecule has 0 atom stereocenters. The Balaban J connectivity index is 0.000000490. The molecular weight excluding hydrogens is 1120 g/mol. The third kappa shape index (κ3) is 22.2. The van der Waals surface area contributed by atoms with Gasteiger partial charge in [0, 0.05) is 0 Å². The third-order valence-corrected chi connectivity index (χ3v) is 9.72. The number of carbonyl (C=O) groups is 14. The van der Waals surface area contributed by atoms with Gasteiger partial charge >= 0.3 is 83.6 Å². The summed E-state index contributed by atoms with van der Waals surface area (Å²) in [6.07, 6.45) is 0. The molecule has 28 nitrogen and oxygen atoms in total. The molecule has 0 radical (unpaired) electrons. The lowest BCUT2D eigenvalue weighted by molar-refractivity contribution is 0.0651. The fraction of sp³-hybridized carbons (Fsp3) is 0. The van der Waals surface area contributed by atoms with Gasteiger partial charge in [0.25, 0.3) is 0 Å². The van der Waals surface area contributed by atoms with E-state index in [0.29, 0.717) is 0 Å². The summed E-state index contributed by atoms with van der Waals surface area (Å²) in [6.45, 7) is 0. The van der Waals surface area contributed by atoms with E-state index in [1.54, 1.807) is 0 Å². The van der Waals surface area contributed by atoms with Crippen LogP contribution < -0.4 is 0 Å². The topological polar surface area (TPSA) is 522 Å². The normalized spacial score (nSPS) is 9.33. The number of carboxylic acids is 14. The summed E-state index contributed by atoms with van der Waals surface area (Å²) in [7, 11) is 0. The second-order valence-electron chi connectivity index (χ2n) is 15.1. The van der Waals surface area contributed by atoms with Crippen molar-refractivity contribution in [3.05, 3.63) is 248 Å². The second kappa shape index (κ2) is 34.1. The average molecular weight is 1160 g/mol. The number of carboxylic acid groups (broad SMARTS) is 14. The van der Waals surface area contributed by atoms with Crippen LogP contribution >= 0.6 is 0 Å². The van der Waals surface area contributed by atoms with E-state index in [1.165, 1.54) is 170 Å². The first kappa shape index (κ1) is 69.1. The molecule has 84 heavy (non-hydrogen) atoms. The van der Waals surface area contributed by atoms with Gasteiger partial charge < -0.3 is 71.5 Å². The zero-order valence-corrected chi connectivity index (χ0v) is 42.1. The van der Waals surface area contributed by atoms with Crippen LogP contribution in [0.1, 0.15) is 145 Å². The molecule has 0 aromatic heterocycles. The molecule has 0 fully saturated rings. The first-order valence-corrected chi connectivity index (χ1v) is 22.3. The number of rotatable bonds is 14. The lowest BCUT2D eigenvalue weighted by atomic mass is 10.1. The standard InChI is InChI=1S/7C8H6O4/c7*9-7(10)5-3-1-2-4-6(5)8(11)12/h7*1-4H,(H,9,10)(H,11,12). The summed E-state index contributed by atoms with van der Waals surface area (Å²) < 4.78 is 0. The highest BCUT2D eigenvalue weighted by Gasteiger charge is 2.19. The van der Waals surface area contributed by atoms with Gasteiger partial charge in [-0.1, -0.05) is 84.9 Å². The van der Waals surface area contributed by atoms with Gasteiger partial charge in [0.1, 0.15) is 0 Å². The molecule has 28 heteroatoms. The molecule has 0 heterocycles. The van der Waals surface area contributed by atoms with E-state index >= 15 is 0 Å². The molecule has 0 saturated heterocycles. The van der Waals surface area contributed by atoms with E-state index in [2.05, 4.69) is 0 Å². The lowest BCUT2D eigenvalue weighted by Crippen LogP contribution is -2.06. The molecule has 7 aromatic carbocycles. The van der Waals surface area contributed by atoms with Crippen LogP contribution in [0.4, 0.5) is 0 Å². The van der Waals surface area contributed by atoms with E-state index in [1.807, 2.05) is 0 Å². The van der Waals surface area contributed by atoms with Gasteiger partial charge in [0.2, 0.25) is 0 Å². The maximum absolute atomic E-state index is 10.5. The van der Waals surface area contributed by atoms with Gasteiger partial charge in [-0.25, -0.2) is 67.1 Å². The summed E-state index contributed by atoms with van der Waals surface area (Å²) >= 11 is 0. The maximum Gasteiger partial charge on any atom is 0.336 e. The first-order chi connectivity index (χ1) is 39.4. The molecule has 434 valence electrons. The Morgan fingerprint density at radius 1 is 0.131 bits per heavy atom. The predicted molar refractivity (Wildman–Crippen MR) is 283 cm³/mol. The molecule has 0 saturated carbocycles. The Morgan fingerprint density at radius 3 is 0.214 bits per heavy atom. The SMILES string of the molecule is O=C(O)c1ccccc1C(=O)O.O=C(O)c1ccccc1C(=O)O.O=C(O)c1ccccc1C(=O)O.O=C(O)c1ccccc1C(=O)O.O=C(O)c1ccccc1C(=O)O.O=C(O)c1ccccc1C(=O)O.O=C(O)c1ccccc1C(=O)O. The molecule has 0 bridgehead atoms. The first-order valence-electron chi connectivity index (χ1n) is 22.3. The molecule has 7 rings (SSSR count). The van der Waals surface area contributed by atoms with E-state index in [-0.39, 0.29) is 77.9 Å². The zero-order valence-electron chi connectivity index (χ0n) is 42.1. The Labute approximate surface area is 468 Å². The van der Waals surface area contributed by atoms with Gasteiger partial charge in [-0.3, -0.25) is 0 Å². The van der Waals surface area contributed by atoms with Crippen molar-refractivity contribution in [3.8, 4) is 0 Å². The van der Waals surface area contributed by atoms with Crippen molar-refractivity contribution in [2.75, 3.05) is 0 Å². The lowest BCUT2D eigenvalue weighted by Gasteiger charge is -1.98. The van der Waals surface area contributed by atoms with E-state index in [0.717, 1.165) is 0 Å². The Bertz CT molecular complexity index is 2740. The quantitative estimate of drug-likeness (QED) is 0.0498. The fourth-order valence-corrected chi connectivity index (χ4v) is 5.99. The minimum absolute atomic E-state index is 0.190. The summed E-state index contributed by atoms with van der Waals surface area (Å²) in [5, 5.41) is 120. The molecular formula is C56H42O28. The Kier molecular flexibility index (Phi) is 28.1. The number of benzene rings is 7. The van der Waals surface area contributed by atoms with Crippen molar-refractivity contribution in [1.82, 2.24) is 0 Å². The molecule has 0 spiro atoms. The highest BCUT2D eigenvalue weighted by atomic mass is 16.4. The molecule has 0 aliphatic heterocycles. The van der Waals surface area contributed by atoms with Crippen LogP contribution in [0.2, 0.25) is 0 Å². The summed E-state index contributed by atoms with van der Waals surface area (Å²) in [4.78, 5) is 146. The van der Waals surface area contributed by atoms with Crippen molar-refractivity contribution in [2.45, 2.75) is 0 Å². The monoisotopic (exact) mass is 1160 g/mol. The summed E-state index contributed by atoms with van der Waals surface area (Å²) in [5.41, 5.74) is -2.66. The summed E-state index contributed by atoms with van der Waals surface area (Å²) in [5.74, 6) is -17.2. The van der Waals surface area contributed by atoms with Crippen LogP contribution in [0.25, 0.3) is 0 Å². The van der Waals surface area contributed by atoms with Crippen molar-refractivity contribution in [2.24, 2.45) is 0 Å². The molecule has 14 N–H and O–H groups in total. The minimum Gasteiger partial charge on any atom is -0.478 e. The smallest absolute Gasteiger partial charge is 0.336 e. The van der Waals surface area contributed by atoms with Gasteiger partial charge in [-0.2, -0.15) is 0 Å². The number of hydrogen-bond donors (Lipinski definition) is 14. The van der Waals surface area contributed by atoms with Crippen LogP contribution in [-0.4, -0.2) is 155 Å². The van der Waals surface area contributed by atoms with Crippen LogP contribution in [0, 0.1) is 0 Å². The number of hydrogen-bond acceptors (Lipinski definition) is 14. The van der Waals surface area contributed by atoms with Gasteiger partial charge in [0.05, 0.1) is 77.9 Å². The van der Waals surface area contributed by atoms with Crippen molar-refractivity contribution in [3.63, 3.8) is 0 Å². The van der Waals surface area contributed by atoms with E-state index in [9.17, 15) is 67.1 Å². The van der Waals surface area contributed by atoms with Gasteiger partial charge in [-0.05, 0) is 84.9 Å². The molecule has 7 aromatic rings. The van der Waals surface area contributed by atoms with Gasteiger partial charge in [0.15, 0.2) is 0 Å². The minimum atomic E-state index is -1.23. The van der Waals surface area contributed by atoms with Crippen molar-refractivity contribution in [1.29, 1.82) is 0 Å². The highest BCUT2D eigenvalue weighted by Crippen LogP contribution is 2.13. The molecule has 0 aliphatic rings. The van der Waals surface area contributed by atoms with E-state index in [4.69, 9.17) is 71.5 Å². The molecule has 0 aliphatic carbocycles. The van der Waals surface area contributed by atoms with Crippen molar-refractivity contribution < 1.29 is 139 Å². The van der Waals surface area contributed by atoms with Crippen molar-refractivity contribution >= 4 is 83.6 Å². The maximum atomic E-state index is 10.5. The van der Waals surface area contributed by atoms with Crippen LogP contribution in [-0.2, 0) is 0 Å².